The van der Waals surface area contributed by atoms with Crippen LogP contribution in [0.2, 0.25) is 0 Å². The number of carbonyl (C=O) groups is 1. The van der Waals surface area contributed by atoms with Crippen LogP contribution in [0.5, 0.6) is 0 Å². The Morgan fingerprint density at radius 1 is 1.12 bits per heavy atom. The summed E-state index contributed by atoms with van der Waals surface area (Å²) >= 11 is 0. The molecule has 6 nitrogen and oxygen atoms in total. The molecule has 0 unspecified atom stereocenters. The Morgan fingerprint density at radius 3 is 2.04 bits per heavy atom. The molecule has 0 aromatic rings. The van der Waals surface area contributed by atoms with Gasteiger partial charge in [-0.25, -0.2) is 4.79 Å². The van der Waals surface area contributed by atoms with Crippen molar-refractivity contribution >= 4 is 16.2 Å². The number of alkyl halides is 3. The molecule has 0 radical (unpaired) electrons. The van der Waals surface area contributed by atoms with E-state index in [1.807, 2.05) is 0 Å². The van der Waals surface area contributed by atoms with Crippen molar-refractivity contribution in [1.82, 2.24) is 5.32 Å². The number of halogens is 3. The van der Waals surface area contributed by atoms with Gasteiger partial charge in [0.25, 0.3) is 0 Å². The average Bonchev–Trinajstić information content (AvgIpc) is 2.42. The van der Waals surface area contributed by atoms with Crippen molar-refractivity contribution in [2.24, 2.45) is 5.92 Å². The molecule has 0 aliphatic heterocycles. The molecule has 0 aromatic heterocycles. The largest absolute Gasteiger partial charge is 0.534 e. The van der Waals surface area contributed by atoms with Gasteiger partial charge < -0.3 is 14.2 Å². The molecule has 1 amide bonds. The van der Waals surface area contributed by atoms with Crippen LogP contribution in [0.15, 0.2) is 11.8 Å². The van der Waals surface area contributed by atoms with E-state index in [0.29, 0.717) is 25.7 Å². The number of amides is 1. The number of carbonyl (C=O) groups excluding carboxylic acids is 1. The van der Waals surface area contributed by atoms with Gasteiger partial charge in [0.15, 0.2) is 0 Å². The summed E-state index contributed by atoms with van der Waals surface area (Å²) in [4.78, 5) is 11.7. The molecule has 25 heavy (non-hydrogen) atoms. The summed E-state index contributed by atoms with van der Waals surface area (Å²) in [7, 11) is -5.67. The van der Waals surface area contributed by atoms with Gasteiger partial charge in [0.05, 0.1) is 0 Å². The second kappa shape index (κ2) is 7.84. The fourth-order valence-corrected chi connectivity index (χ4v) is 3.10. The molecule has 1 rings (SSSR count). The standard InChI is InChI=1S/C15H24F3NO5S/c1-5-12(24-25(21,22)15(16,17)18)10-6-8-11(9-7-10)19-13(20)23-14(2,3)4/h5,10-11H,6-9H2,1-4H3,(H,19,20)/b12-5+/t10-,11-. The van der Waals surface area contributed by atoms with Crippen LogP contribution in [-0.2, 0) is 19.0 Å². The van der Waals surface area contributed by atoms with Crippen LogP contribution >= 0.6 is 0 Å². The maximum atomic E-state index is 12.4. The average molecular weight is 387 g/mol. The van der Waals surface area contributed by atoms with E-state index >= 15 is 0 Å². The first kappa shape index (κ1) is 21.6. The Hall–Kier alpha value is -1.45. The number of hydrogen-bond acceptors (Lipinski definition) is 5. The molecule has 1 aliphatic rings. The molecule has 0 saturated heterocycles. The van der Waals surface area contributed by atoms with Crippen LogP contribution in [0, 0.1) is 5.92 Å². The first-order chi connectivity index (χ1) is 11.2. The number of allylic oxidation sites excluding steroid dienone is 2. The Bertz CT molecular complexity index is 600. The summed E-state index contributed by atoms with van der Waals surface area (Å²) < 4.78 is 69.0. The molecule has 146 valence electrons. The van der Waals surface area contributed by atoms with Crippen LogP contribution in [0.4, 0.5) is 18.0 Å². The quantitative estimate of drug-likeness (QED) is 0.450. The molecular formula is C15H24F3NO5S. The van der Waals surface area contributed by atoms with Gasteiger partial charge in [0.2, 0.25) is 0 Å². The minimum absolute atomic E-state index is 0.177. The number of rotatable bonds is 4. The summed E-state index contributed by atoms with van der Waals surface area (Å²) in [6.45, 7) is 6.63. The summed E-state index contributed by atoms with van der Waals surface area (Å²) in [6.07, 6.45) is 2.43. The molecular weight excluding hydrogens is 363 g/mol. The summed E-state index contributed by atoms with van der Waals surface area (Å²) in [5, 5.41) is 2.71. The van der Waals surface area contributed by atoms with Gasteiger partial charge in [0.1, 0.15) is 11.4 Å². The maximum Gasteiger partial charge on any atom is 0.534 e. The van der Waals surface area contributed by atoms with E-state index in [2.05, 4.69) is 9.50 Å². The molecule has 0 heterocycles. The lowest BCUT2D eigenvalue weighted by atomic mass is 9.85. The van der Waals surface area contributed by atoms with Crippen molar-refractivity contribution in [3.8, 4) is 0 Å². The Labute approximate surface area is 145 Å². The molecule has 0 aromatic carbocycles. The van der Waals surface area contributed by atoms with Crippen molar-refractivity contribution in [1.29, 1.82) is 0 Å². The van der Waals surface area contributed by atoms with Gasteiger partial charge >= 0.3 is 21.7 Å². The zero-order valence-corrected chi connectivity index (χ0v) is 15.5. The highest BCUT2D eigenvalue weighted by atomic mass is 32.2. The molecule has 0 atom stereocenters. The van der Waals surface area contributed by atoms with Gasteiger partial charge in [0, 0.05) is 12.0 Å². The SMILES string of the molecule is C/C=C(/OS(=O)(=O)C(F)(F)F)[C@H]1CC[C@H](NC(=O)OC(C)(C)C)CC1. The van der Waals surface area contributed by atoms with Crippen molar-refractivity contribution in [2.75, 3.05) is 0 Å². The number of ether oxygens (including phenoxy) is 1. The predicted molar refractivity (Wildman–Crippen MR) is 84.9 cm³/mol. The van der Waals surface area contributed by atoms with E-state index < -0.39 is 33.2 Å². The maximum absolute atomic E-state index is 12.4. The summed E-state index contributed by atoms with van der Waals surface area (Å²) in [5.74, 6) is -0.660. The molecule has 0 spiro atoms. The molecule has 1 aliphatic carbocycles. The van der Waals surface area contributed by atoms with E-state index in [4.69, 9.17) is 4.74 Å². The third-order valence-corrected chi connectivity index (χ3v) is 4.60. The topological polar surface area (TPSA) is 81.7 Å². The fraction of sp³-hybridized carbons (Fsp3) is 0.800. The first-order valence-corrected chi connectivity index (χ1v) is 9.32. The summed E-state index contributed by atoms with van der Waals surface area (Å²) in [6, 6.07) is -0.177. The molecule has 1 saturated carbocycles. The van der Waals surface area contributed by atoms with Gasteiger partial charge in [-0.1, -0.05) is 0 Å². The lowest BCUT2D eigenvalue weighted by Crippen LogP contribution is -2.41. The number of alkyl carbamates (subject to hydrolysis) is 1. The van der Waals surface area contributed by atoms with E-state index in [9.17, 15) is 26.4 Å². The Kier molecular flexibility index (Phi) is 6.77. The fourth-order valence-electron chi connectivity index (χ4n) is 2.52. The Morgan fingerprint density at radius 2 is 1.64 bits per heavy atom. The predicted octanol–water partition coefficient (Wildman–Crippen LogP) is 3.84. The van der Waals surface area contributed by atoms with Gasteiger partial charge in [-0.3, -0.25) is 0 Å². The van der Waals surface area contributed by atoms with Crippen molar-refractivity contribution in [3.05, 3.63) is 11.8 Å². The molecule has 10 heteroatoms. The minimum atomic E-state index is -5.67. The number of nitrogens with one attached hydrogen (secondary N) is 1. The van der Waals surface area contributed by atoms with E-state index in [1.54, 1.807) is 20.8 Å². The van der Waals surface area contributed by atoms with Crippen molar-refractivity contribution in [3.63, 3.8) is 0 Å². The van der Waals surface area contributed by atoms with Crippen molar-refractivity contribution in [2.45, 2.75) is 70.5 Å². The van der Waals surface area contributed by atoms with Crippen LogP contribution in [0.1, 0.15) is 53.4 Å². The van der Waals surface area contributed by atoms with Gasteiger partial charge in [-0.15, -0.1) is 0 Å². The lowest BCUT2D eigenvalue weighted by Gasteiger charge is -2.30. The zero-order valence-electron chi connectivity index (χ0n) is 14.6. The second-order valence-electron chi connectivity index (χ2n) is 6.87. The zero-order chi connectivity index (χ0) is 19.5. The molecule has 0 bridgehead atoms. The third-order valence-electron chi connectivity index (χ3n) is 3.62. The second-order valence-corrected chi connectivity index (χ2v) is 8.41. The monoisotopic (exact) mass is 387 g/mol. The molecule has 1 fully saturated rings. The van der Waals surface area contributed by atoms with Crippen LogP contribution in [0.25, 0.3) is 0 Å². The minimum Gasteiger partial charge on any atom is -0.444 e. The highest BCUT2D eigenvalue weighted by Gasteiger charge is 2.49. The highest BCUT2D eigenvalue weighted by molar-refractivity contribution is 7.87. The van der Waals surface area contributed by atoms with Gasteiger partial charge in [-0.2, -0.15) is 21.6 Å². The number of hydrogen-bond donors (Lipinski definition) is 1. The van der Waals surface area contributed by atoms with Gasteiger partial charge in [-0.05, 0) is 59.5 Å². The highest BCUT2D eigenvalue weighted by Crippen LogP contribution is 2.34. The normalized spacial score (nSPS) is 23.1. The third kappa shape index (κ3) is 6.75. The smallest absolute Gasteiger partial charge is 0.444 e. The van der Waals surface area contributed by atoms with E-state index in [1.165, 1.54) is 13.0 Å². The molecule has 1 N–H and O–H groups in total. The van der Waals surface area contributed by atoms with E-state index in [0.717, 1.165) is 0 Å². The van der Waals surface area contributed by atoms with Crippen molar-refractivity contribution < 1.29 is 35.3 Å². The van der Waals surface area contributed by atoms with Crippen LogP contribution in [-0.4, -0.2) is 31.7 Å². The first-order valence-electron chi connectivity index (χ1n) is 7.91. The van der Waals surface area contributed by atoms with E-state index in [-0.39, 0.29) is 11.8 Å². The summed E-state index contributed by atoms with van der Waals surface area (Å²) in [5.41, 5.74) is -6.09. The Balaban J connectivity index is 2.59. The van der Waals surface area contributed by atoms with Crippen LogP contribution < -0.4 is 5.32 Å². The van der Waals surface area contributed by atoms with Crippen LogP contribution in [0.3, 0.4) is 0 Å². The lowest BCUT2D eigenvalue weighted by molar-refractivity contribution is -0.0528.